The van der Waals surface area contributed by atoms with Crippen LogP contribution in [0.25, 0.3) is 0 Å². The second-order valence-corrected chi connectivity index (χ2v) is 7.42. The van der Waals surface area contributed by atoms with E-state index in [0.717, 1.165) is 23.4 Å². The Labute approximate surface area is 151 Å². The topological polar surface area (TPSA) is 53.9 Å². The van der Waals surface area contributed by atoms with Gasteiger partial charge in [0.2, 0.25) is 0 Å². The van der Waals surface area contributed by atoms with Gasteiger partial charge in [-0.2, -0.15) is 0 Å². The predicted molar refractivity (Wildman–Crippen MR) is 101 cm³/mol. The lowest BCUT2D eigenvalue weighted by Crippen LogP contribution is -3.11. The Morgan fingerprint density at radius 2 is 1.76 bits per heavy atom. The number of benzene rings is 1. The van der Waals surface area contributed by atoms with Gasteiger partial charge in [0.25, 0.3) is 11.8 Å². The third-order valence-corrected chi connectivity index (χ3v) is 4.61. The summed E-state index contributed by atoms with van der Waals surface area (Å²) in [5.41, 5.74) is 0.971. The molecule has 2 rings (SSSR count). The minimum atomic E-state index is -0.00997. The number of para-hydroxylation sites is 1. The number of quaternary nitrogens is 1. The van der Waals surface area contributed by atoms with E-state index in [1.165, 1.54) is 19.3 Å². The second kappa shape index (κ2) is 9.56. The number of likely N-dealkylation sites (N-methyl/N-ethyl adjacent to an activating group) is 1. The Bertz CT molecular complexity index is 553. The van der Waals surface area contributed by atoms with Crippen LogP contribution in [0.15, 0.2) is 30.3 Å². The molecule has 1 fully saturated rings. The average Bonchev–Trinajstić information content (AvgIpc) is 2.56. The first kappa shape index (κ1) is 19.4. The molecular formula is C20H32N3O2+. The molecule has 0 saturated heterocycles. The summed E-state index contributed by atoms with van der Waals surface area (Å²) in [7, 11) is 1.90. The number of rotatable bonds is 7. The predicted octanol–water partition coefficient (Wildman–Crippen LogP) is 1.39. The molecule has 25 heavy (non-hydrogen) atoms. The molecule has 5 nitrogen and oxygen atoms in total. The largest absolute Gasteiger partial charge is 0.349 e. The van der Waals surface area contributed by atoms with Crippen LogP contribution in [-0.4, -0.2) is 44.0 Å². The molecule has 0 bridgehead atoms. The number of carbonyl (C=O) groups excluding carboxylic acids is 2. The summed E-state index contributed by atoms with van der Waals surface area (Å²) < 4.78 is 0. The highest BCUT2D eigenvalue weighted by Crippen LogP contribution is 2.27. The highest BCUT2D eigenvalue weighted by molar-refractivity contribution is 5.94. The van der Waals surface area contributed by atoms with Crippen LogP contribution in [0.3, 0.4) is 0 Å². The minimum absolute atomic E-state index is 0.00997. The standard InChI is InChI=1S/C20H31N3O2/c1-16(2)21-19(24)14-22(3)15-20(25)23(17-10-6-4-7-11-17)18-12-8-5-9-13-18/h4,6-7,10-11,16,18H,5,8-9,12-15H2,1-3H3,(H,21,24)/p+1. The van der Waals surface area contributed by atoms with Gasteiger partial charge in [0.1, 0.15) is 0 Å². The monoisotopic (exact) mass is 346 g/mol. The summed E-state index contributed by atoms with van der Waals surface area (Å²) in [6.45, 7) is 4.53. The lowest BCUT2D eigenvalue weighted by atomic mass is 9.93. The van der Waals surface area contributed by atoms with Gasteiger partial charge in [-0.05, 0) is 38.8 Å². The third kappa shape index (κ3) is 6.16. The fraction of sp³-hybridized carbons (Fsp3) is 0.600. The van der Waals surface area contributed by atoms with Crippen molar-refractivity contribution in [2.45, 2.75) is 58.0 Å². The van der Waals surface area contributed by atoms with Crippen molar-refractivity contribution in [3.8, 4) is 0 Å². The van der Waals surface area contributed by atoms with E-state index in [9.17, 15) is 9.59 Å². The molecule has 5 heteroatoms. The molecule has 0 heterocycles. The van der Waals surface area contributed by atoms with Gasteiger partial charge in [-0.1, -0.05) is 37.5 Å². The number of hydrogen-bond donors (Lipinski definition) is 2. The van der Waals surface area contributed by atoms with Crippen molar-refractivity contribution in [1.29, 1.82) is 0 Å². The molecule has 1 saturated carbocycles. The Hall–Kier alpha value is -1.88. The molecule has 2 N–H and O–H groups in total. The summed E-state index contributed by atoms with van der Waals surface area (Å²) in [6.07, 6.45) is 5.75. The molecule has 1 unspecified atom stereocenters. The van der Waals surface area contributed by atoms with Crippen LogP contribution in [0.5, 0.6) is 0 Å². The van der Waals surface area contributed by atoms with Crippen LogP contribution in [-0.2, 0) is 9.59 Å². The zero-order valence-corrected chi connectivity index (χ0v) is 15.8. The second-order valence-electron chi connectivity index (χ2n) is 7.42. The van der Waals surface area contributed by atoms with E-state index in [-0.39, 0.29) is 23.9 Å². The molecule has 0 aromatic heterocycles. The van der Waals surface area contributed by atoms with E-state index in [2.05, 4.69) is 5.32 Å². The summed E-state index contributed by atoms with van der Waals surface area (Å²) in [5.74, 6) is 0.0946. The van der Waals surface area contributed by atoms with Gasteiger partial charge in [0, 0.05) is 17.8 Å². The van der Waals surface area contributed by atoms with Gasteiger partial charge >= 0.3 is 0 Å². The number of nitrogens with zero attached hydrogens (tertiary/aromatic N) is 1. The molecule has 138 valence electrons. The third-order valence-electron chi connectivity index (χ3n) is 4.61. The van der Waals surface area contributed by atoms with Gasteiger partial charge in [0.05, 0.1) is 7.05 Å². The van der Waals surface area contributed by atoms with E-state index >= 15 is 0 Å². The van der Waals surface area contributed by atoms with Crippen molar-refractivity contribution in [2.24, 2.45) is 0 Å². The smallest absolute Gasteiger partial charge is 0.282 e. The quantitative estimate of drug-likeness (QED) is 0.784. The fourth-order valence-corrected chi connectivity index (χ4v) is 3.54. The first-order valence-corrected chi connectivity index (χ1v) is 9.45. The van der Waals surface area contributed by atoms with Crippen molar-refractivity contribution >= 4 is 17.5 Å². The SMILES string of the molecule is CC(C)NC(=O)C[NH+](C)CC(=O)N(c1ccccc1)C1CCCCC1. The molecule has 1 aliphatic carbocycles. The van der Waals surface area contributed by atoms with E-state index in [0.29, 0.717) is 13.1 Å². The molecule has 2 amide bonds. The molecule has 0 radical (unpaired) electrons. The average molecular weight is 346 g/mol. The zero-order valence-electron chi connectivity index (χ0n) is 15.8. The Kier molecular flexibility index (Phi) is 7.44. The van der Waals surface area contributed by atoms with E-state index in [1.54, 1.807) is 0 Å². The molecule has 0 aliphatic heterocycles. The Balaban J connectivity index is 2.03. The van der Waals surface area contributed by atoms with Gasteiger partial charge in [0.15, 0.2) is 13.1 Å². The molecule has 0 spiro atoms. The minimum Gasteiger partial charge on any atom is -0.349 e. The molecule has 1 aliphatic rings. The van der Waals surface area contributed by atoms with Crippen LogP contribution in [0.2, 0.25) is 0 Å². The Morgan fingerprint density at radius 3 is 2.36 bits per heavy atom. The van der Waals surface area contributed by atoms with Crippen molar-refractivity contribution in [2.75, 3.05) is 25.0 Å². The zero-order chi connectivity index (χ0) is 18.2. The molecule has 1 aromatic carbocycles. The van der Waals surface area contributed by atoms with Gasteiger partial charge < -0.3 is 15.1 Å². The van der Waals surface area contributed by atoms with E-state index in [4.69, 9.17) is 0 Å². The number of nitrogens with one attached hydrogen (secondary N) is 2. The van der Waals surface area contributed by atoms with Crippen LogP contribution < -0.4 is 15.1 Å². The van der Waals surface area contributed by atoms with Crippen molar-refractivity contribution in [3.05, 3.63) is 30.3 Å². The van der Waals surface area contributed by atoms with Crippen LogP contribution in [0, 0.1) is 0 Å². The lowest BCUT2D eigenvalue weighted by Gasteiger charge is -2.34. The number of hydrogen-bond acceptors (Lipinski definition) is 2. The lowest BCUT2D eigenvalue weighted by molar-refractivity contribution is -0.862. The van der Waals surface area contributed by atoms with E-state index < -0.39 is 0 Å². The van der Waals surface area contributed by atoms with Crippen molar-refractivity contribution in [1.82, 2.24) is 5.32 Å². The maximum Gasteiger partial charge on any atom is 0.282 e. The normalized spacial score (nSPS) is 16.5. The summed E-state index contributed by atoms with van der Waals surface area (Å²) >= 11 is 0. The molecule has 1 atom stereocenters. The fourth-order valence-electron chi connectivity index (χ4n) is 3.54. The van der Waals surface area contributed by atoms with Crippen molar-refractivity contribution < 1.29 is 14.5 Å². The van der Waals surface area contributed by atoms with E-state index in [1.807, 2.05) is 56.1 Å². The van der Waals surface area contributed by atoms with Gasteiger partial charge in [-0.15, -0.1) is 0 Å². The highest BCUT2D eigenvalue weighted by atomic mass is 16.2. The summed E-state index contributed by atoms with van der Waals surface area (Å²) in [4.78, 5) is 27.9. The van der Waals surface area contributed by atoms with Crippen molar-refractivity contribution in [3.63, 3.8) is 0 Å². The highest BCUT2D eigenvalue weighted by Gasteiger charge is 2.29. The maximum absolute atomic E-state index is 13.0. The number of anilines is 1. The number of carbonyl (C=O) groups is 2. The molecule has 1 aromatic rings. The molecular weight excluding hydrogens is 314 g/mol. The van der Waals surface area contributed by atoms with Crippen LogP contribution in [0.4, 0.5) is 5.69 Å². The van der Waals surface area contributed by atoms with Crippen LogP contribution in [0.1, 0.15) is 46.0 Å². The summed E-state index contributed by atoms with van der Waals surface area (Å²) in [6, 6.07) is 10.3. The Morgan fingerprint density at radius 1 is 1.12 bits per heavy atom. The van der Waals surface area contributed by atoms with Gasteiger partial charge in [-0.3, -0.25) is 9.59 Å². The summed E-state index contributed by atoms with van der Waals surface area (Å²) in [5, 5.41) is 2.89. The first-order chi connectivity index (χ1) is 12.0. The number of amides is 2. The maximum atomic E-state index is 13.0. The first-order valence-electron chi connectivity index (χ1n) is 9.45. The van der Waals surface area contributed by atoms with Crippen LogP contribution >= 0.6 is 0 Å². The van der Waals surface area contributed by atoms with Gasteiger partial charge in [-0.25, -0.2) is 0 Å².